The van der Waals surface area contributed by atoms with E-state index in [0.29, 0.717) is 5.15 Å². The summed E-state index contributed by atoms with van der Waals surface area (Å²) in [6, 6.07) is 17.5. The Hall–Kier alpha value is -1.93. The summed E-state index contributed by atoms with van der Waals surface area (Å²) in [6.45, 7) is 0. The summed E-state index contributed by atoms with van der Waals surface area (Å²) < 4.78 is 0. The second kappa shape index (κ2) is 4.15. The average Bonchev–Trinajstić information content (AvgIpc) is 2.38. The Morgan fingerprint density at radius 3 is 2.41 bits per heavy atom. The van der Waals surface area contributed by atoms with Crippen molar-refractivity contribution >= 4 is 22.5 Å². The summed E-state index contributed by atoms with van der Waals surface area (Å²) in [7, 11) is 0. The maximum absolute atomic E-state index is 5.87. The predicted octanol–water partition coefficient (Wildman–Crippen LogP) is 3.95. The van der Waals surface area contributed by atoms with Crippen molar-refractivity contribution in [2.45, 2.75) is 0 Å². The van der Waals surface area contributed by atoms with Crippen molar-refractivity contribution in [1.82, 2.24) is 9.97 Å². The number of hydrogen-bond acceptors (Lipinski definition) is 2. The number of rotatable bonds is 1. The predicted molar refractivity (Wildman–Crippen MR) is 70.0 cm³/mol. The molecule has 0 N–H and O–H groups in total. The van der Waals surface area contributed by atoms with Gasteiger partial charge in [-0.3, -0.25) is 0 Å². The molecule has 3 rings (SSSR count). The lowest BCUT2D eigenvalue weighted by Crippen LogP contribution is -1.88. The Balaban J connectivity index is 2.18. The van der Waals surface area contributed by atoms with Crippen LogP contribution >= 0.6 is 11.6 Å². The minimum Gasteiger partial charge on any atom is -0.246 e. The van der Waals surface area contributed by atoms with E-state index in [2.05, 4.69) is 9.97 Å². The molecule has 0 unspecified atom stereocenters. The number of aromatic nitrogens is 2. The minimum absolute atomic E-state index is 0.484. The summed E-state index contributed by atoms with van der Waals surface area (Å²) in [5.74, 6) is 0. The van der Waals surface area contributed by atoms with Crippen LogP contribution in [0.4, 0.5) is 0 Å². The summed E-state index contributed by atoms with van der Waals surface area (Å²) in [5, 5.41) is 1.61. The number of nitrogens with zero attached hydrogens (tertiary/aromatic N) is 2. The second-order valence-electron chi connectivity index (χ2n) is 3.73. The quantitative estimate of drug-likeness (QED) is 0.602. The highest BCUT2D eigenvalue weighted by atomic mass is 35.5. The Morgan fingerprint density at radius 1 is 0.706 bits per heavy atom. The smallest absolute Gasteiger partial charge is 0.129 e. The van der Waals surface area contributed by atoms with Crippen molar-refractivity contribution < 1.29 is 0 Å². The molecule has 0 atom stereocenters. The van der Waals surface area contributed by atoms with Crippen LogP contribution in [0.5, 0.6) is 0 Å². The Morgan fingerprint density at radius 2 is 1.53 bits per heavy atom. The van der Waals surface area contributed by atoms with Crippen molar-refractivity contribution in [3.05, 3.63) is 59.8 Å². The number of pyridine rings is 2. The number of para-hydroxylation sites is 1. The summed E-state index contributed by atoms with van der Waals surface area (Å²) in [5.41, 5.74) is 2.60. The van der Waals surface area contributed by atoms with Gasteiger partial charge in [-0.2, -0.15) is 0 Å². The first kappa shape index (κ1) is 10.2. The summed E-state index contributed by atoms with van der Waals surface area (Å²) >= 11 is 5.87. The molecule has 0 radical (unpaired) electrons. The number of hydrogen-bond donors (Lipinski definition) is 0. The van der Waals surface area contributed by atoms with Crippen LogP contribution in [0.2, 0.25) is 5.15 Å². The molecule has 0 spiro atoms. The van der Waals surface area contributed by atoms with Crippen LogP contribution in [0, 0.1) is 0 Å². The van der Waals surface area contributed by atoms with E-state index in [1.807, 2.05) is 48.5 Å². The SMILES string of the molecule is Clc1cccc(-c2ccc3ccccc3n2)n1. The highest BCUT2D eigenvalue weighted by Crippen LogP contribution is 2.20. The third kappa shape index (κ3) is 1.99. The summed E-state index contributed by atoms with van der Waals surface area (Å²) in [6.07, 6.45) is 0. The van der Waals surface area contributed by atoms with E-state index in [4.69, 9.17) is 11.6 Å². The highest BCUT2D eigenvalue weighted by Gasteiger charge is 2.02. The maximum Gasteiger partial charge on any atom is 0.129 e. The minimum atomic E-state index is 0.484. The van der Waals surface area contributed by atoms with Gasteiger partial charge in [-0.05, 0) is 24.3 Å². The lowest BCUT2D eigenvalue weighted by molar-refractivity contribution is 1.28. The second-order valence-corrected chi connectivity index (χ2v) is 4.12. The highest BCUT2D eigenvalue weighted by molar-refractivity contribution is 6.29. The first-order valence-corrected chi connectivity index (χ1v) is 5.69. The van der Waals surface area contributed by atoms with Crippen LogP contribution in [0.3, 0.4) is 0 Å². The van der Waals surface area contributed by atoms with Gasteiger partial charge in [-0.15, -0.1) is 0 Å². The lowest BCUT2D eigenvalue weighted by atomic mass is 10.2. The number of halogens is 1. The molecule has 0 amide bonds. The molecule has 0 bridgehead atoms. The van der Waals surface area contributed by atoms with Gasteiger partial charge in [0.2, 0.25) is 0 Å². The maximum atomic E-state index is 5.87. The Labute approximate surface area is 104 Å². The summed E-state index contributed by atoms with van der Waals surface area (Å²) in [4.78, 5) is 8.82. The van der Waals surface area contributed by atoms with Crippen LogP contribution in [0.25, 0.3) is 22.3 Å². The Bertz CT molecular complexity index is 680. The Kier molecular flexibility index (Phi) is 2.50. The zero-order valence-corrected chi connectivity index (χ0v) is 9.72. The fourth-order valence-electron chi connectivity index (χ4n) is 1.76. The molecule has 2 heterocycles. The van der Waals surface area contributed by atoms with Crippen LogP contribution in [0.1, 0.15) is 0 Å². The van der Waals surface area contributed by atoms with E-state index in [1.54, 1.807) is 6.07 Å². The van der Waals surface area contributed by atoms with Gasteiger partial charge in [0.15, 0.2) is 0 Å². The van der Waals surface area contributed by atoms with Gasteiger partial charge in [0.05, 0.1) is 16.9 Å². The molecular formula is C14H9ClN2. The monoisotopic (exact) mass is 240 g/mol. The van der Waals surface area contributed by atoms with Crippen LogP contribution in [-0.2, 0) is 0 Å². The number of benzene rings is 1. The molecule has 0 aliphatic carbocycles. The largest absolute Gasteiger partial charge is 0.246 e. The first-order valence-electron chi connectivity index (χ1n) is 5.32. The zero-order valence-electron chi connectivity index (χ0n) is 8.97. The molecule has 0 saturated carbocycles. The van der Waals surface area contributed by atoms with E-state index in [0.717, 1.165) is 22.3 Å². The third-order valence-electron chi connectivity index (χ3n) is 2.58. The molecular weight excluding hydrogens is 232 g/mol. The number of fused-ring (bicyclic) bond motifs is 1. The van der Waals surface area contributed by atoms with Gasteiger partial charge < -0.3 is 0 Å². The van der Waals surface area contributed by atoms with Crippen molar-refractivity contribution in [3.63, 3.8) is 0 Å². The molecule has 0 fully saturated rings. The molecule has 0 aliphatic heterocycles. The van der Waals surface area contributed by atoms with E-state index in [9.17, 15) is 0 Å². The molecule has 3 aromatic rings. The van der Waals surface area contributed by atoms with E-state index in [-0.39, 0.29) is 0 Å². The van der Waals surface area contributed by atoms with Crippen LogP contribution < -0.4 is 0 Å². The zero-order chi connectivity index (χ0) is 11.7. The first-order chi connectivity index (χ1) is 8.33. The van der Waals surface area contributed by atoms with Crippen molar-refractivity contribution in [2.75, 3.05) is 0 Å². The fourth-order valence-corrected chi connectivity index (χ4v) is 1.92. The average molecular weight is 241 g/mol. The van der Waals surface area contributed by atoms with Gasteiger partial charge in [0.1, 0.15) is 5.15 Å². The van der Waals surface area contributed by atoms with Crippen LogP contribution in [-0.4, -0.2) is 9.97 Å². The molecule has 82 valence electrons. The lowest BCUT2D eigenvalue weighted by Gasteiger charge is -2.02. The normalized spacial score (nSPS) is 10.6. The van der Waals surface area contributed by atoms with Crippen molar-refractivity contribution in [1.29, 1.82) is 0 Å². The molecule has 17 heavy (non-hydrogen) atoms. The van der Waals surface area contributed by atoms with Gasteiger partial charge in [0.25, 0.3) is 0 Å². The van der Waals surface area contributed by atoms with Gasteiger partial charge in [-0.25, -0.2) is 9.97 Å². The van der Waals surface area contributed by atoms with E-state index < -0.39 is 0 Å². The molecule has 1 aromatic carbocycles. The van der Waals surface area contributed by atoms with Gasteiger partial charge in [0, 0.05) is 5.39 Å². The van der Waals surface area contributed by atoms with E-state index >= 15 is 0 Å². The topological polar surface area (TPSA) is 25.8 Å². The van der Waals surface area contributed by atoms with Gasteiger partial charge >= 0.3 is 0 Å². The van der Waals surface area contributed by atoms with Gasteiger partial charge in [-0.1, -0.05) is 41.9 Å². The standard InChI is InChI=1S/C14H9ClN2/c15-14-7-3-6-12(17-14)13-9-8-10-4-1-2-5-11(10)16-13/h1-9H. The van der Waals surface area contributed by atoms with Crippen molar-refractivity contribution in [3.8, 4) is 11.4 Å². The third-order valence-corrected chi connectivity index (χ3v) is 2.79. The molecule has 2 aromatic heterocycles. The van der Waals surface area contributed by atoms with Crippen LogP contribution in [0.15, 0.2) is 54.6 Å². The molecule has 2 nitrogen and oxygen atoms in total. The van der Waals surface area contributed by atoms with E-state index in [1.165, 1.54) is 0 Å². The molecule has 3 heteroatoms. The molecule has 0 saturated heterocycles. The molecule has 0 aliphatic rings. The van der Waals surface area contributed by atoms with Crippen molar-refractivity contribution in [2.24, 2.45) is 0 Å². The fraction of sp³-hybridized carbons (Fsp3) is 0.